The van der Waals surface area contributed by atoms with Crippen LogP contribution in [0.5, 0.6) is 0 Å². The molecule has 4 rings (SSSR count). The summed E-state index contributed by atoms with van der Waals surface area (Å²) in [4.78, 5) is 11.3. The third-order valence-electron chi connectivity index (χ3n) is 5.92. The third-order valence-corrected chi connectivity index (χ3v) is 7.59. The second-order valence-electron chi connectivity index (χ2n) is 7.82. The van der Waals surface area contributed by atoms with Crippen molar-refractivity contribution in [3.8, 4) is 0 Å². The summed E-state index contributed by atoms with van der Waals surface area (Å²) in [6.07, 6.45) is 3.83. The van der Waals surface area contributed by atoms with Crippen molar-refractivity contribution in [1.29, 1.82) is 0 Å². The molecule has 2 N–H and O–H groups in total. The van der Waals surface area contributed by atoms with Gasteiger partial charge in [0.25, 0.3) is 10.0 Å². The maximum absolute atomic E-state index is 12.6. The van der Waals surface area contributed by atoms with Gasteiger partial charge in [0.15, 0.2) is 0 Å². The monoisotopic (exact) mass is 459 g/mol. The van der Waals surface area contributed by atoms with E-state index in [1.54, 1.807) is 12.1 Å². The molecule has 1 aromatic heterocycles. The number of nitrogens with zero attached hydrogens (tertiary/aromatic N) is 3. The Balaban J connectivity index is 1.46. The number of hydrogen-bond acceptors (Lipinski definition) is 5. The molecule has 0 saturated carbocycles. The zero-order valence-electron chi connectivity index (χ0n) is 17.5. The summed E-state index contributed by atoms with van der Waals surface area (Å²) in [6.45, 7) is 4.16. The summed E-state index contributed by atoms with van der Waals surface area (Å²) < 4.78 is 27.7. The SMILES string of the molecule is C[C@@H](c1ccccc1)N1CC[C@H](N(C)c2ccc(S(=O)(=O)Nc3cnc[nH]3)cc2Cl)C1. The highest BCUT2D eigenvalue weighted by Gasteiger charge is 2.30. The standard InChI is InChI=1S/C22H26ClN5O2S/c1-16(17-6-4-3-5-7-17)28-11-10-18(14-28)27(2)21-9-8-19(12-20(21)23)31(29,30)26-22-13-24-15-25-22/h3-9,12-13,15-16,18,26H,10-11,14H2,1-2H3,(H,24,25)/t16-,18-/m0/s1. The number of hydrogen-bond donors (Lipinski definition) is 2. The zero-order valence-corrected chi connectivity index (χ0v) is 19.1. The van der Waals surface area contributed by atoms with Crippen LogP contribution in [0, 0.1) is 0 Å². The van der Waals surface area contributed by atoms with Crippen molar-refractivity contribution in [2.24, 2.45) is 0 Å². The highest BCUT2D eigenvalue weighted by atomic mass is 35.5. The Kier molecular flexibility index (Phi) is 6.22. The van der Waals surface area contributed by atoms with E-state index in [0.29, 0.717) is 22.9 Å². The van der Waals surface area contributed by atoms with Crippen LogP contribution in [-0.2, 0) is 10.0 Å². The van der Waals surface area contributed by atoms with E-state index in [4.69, 9.17) is 11.6 Å². The average Bonchev–Trinajstić information content (AvgIpc) is 3.45. The number of anilines is 2. The molecule has 0 spiro atoms. The summed E-state index contributed by atoms with van der Waals surface area (Å²) in [5, 5.41) is 0.407. The lowest BCUT2D eigenvalue weighted by atomic mass is 10.1. The Morgan fingerprint density at radius 3 is 2.71 bits per heavy atom. The van der Waals surface area contributed by atoms with Gasteiger partial charge in [-0.05, 0) is 37.1 Å². The Labute approximate surface area is 188 Å². The van der Waals surface area contributed by atoms with Gasteiger partial charge >= 0.3 is 0 Å². The predicted octanol–water partition coefficient (Wildman–Crippen LogP) is 4.14. The quantitative estimate of drug-likeness (QED) is 0.555. The highest BCUT2D eigenvalue weighted by Crippen LogP contribution is 2.33. The first-order valence-corrected chi connectivity index (χ1v) is 12.0. The maximum Gasteiger partial charge on any atom is 0.263 e. The number of likely N-dealkylation sites (N-methyl/N-ethyl adjacent to an activating group) is 1. The number of aromatic amines is 1. The molecule has 7 nitrogen and oxygen atoms in total. The fourth-order valence-corrected chi connectivity index (χ4v) is 5.45. The summed E-state index contributed by atoms with van der Waals surface area (Å²) in [5.41, 5.74) is 2.13. The van der Waals surface area contributed by atoms with Crippen molar-refractivity contribution >= 4 is 33.1 Å². The van der Waals surface area contributed by atoms with E-state index < -0.39 is 10.0 Å². The Bertz CT molecular complexity index is 1120. The number of rotatable bonds is 7. The molecule has 2 heterocycles. The summed E-state index contributed by atoms with van der Waals surface area (Å²) in [6, 6.07) is 16.0. The van der Waals surface area contributed by atoms with Crippen molar-refractivity contribution < 1.29 is 8.42 Å². The molecule has 1 aliphatic heterocycles. The first-order valence-electron chi connectivity index (χ1n) is 10.2. The number of halogens is 1. The van der Waals surface area contributed by atoms with E-state index in [0.717, 1.165) is 25.2 Å². The molecular formula is C22H26ClN5O2S. The first-order chi connectivity index (χ1) is 14.8. The van der Waals surface area contributed by atoms with Crippen molar-refractivity contribution in [3.05, 3.63) is 71.6 Å². The molecule has 0 bridgehead atoms. The minimum absolute atomic E-state index is 0.106. The minimum Gasteiger partial charge on any atom is -0.369 e. The van der Waals surface area contributed by atoms with Gasteiger partial charge in [-0.15, -0.1) is 0 Å². The summed E-state index contributed by atoms with van der Waals surface area (Å²) in [7, 11) is -1.74. The smallest absolute Gasteiger partial charge is 0.263 e. The lowest BCUT2D eigenvalue weighted by molar-refractivity contribution is 0.259. The molecule has 31 heavy (non-hydrogen) atoms. The first kappa shape index (κ1) is 21.7. The van der Waals surface area contributed by atoms with Crippen molar-refractivity contribution in [2.75, 3.05) is 29.8 Å². The molecule has 1 aliphatic rings. The molecule has 1 saturated heterocycles. The molecule has 0 radical (unpaired) electrons. The van der Waals surface area contributed by atoms with Crippen LogP contribution in [0.25, 0.3) is 0 Å². The third kappa shape index (κ3) is 4.71. The van der Waals surface area contributed by atoms with Gasteiger partial charge in [0, 0.05) is 32.2 Å². The molecule has 3 aromatic rings. The normalized spacial score (nSPS) is 18.1. The fourth-order valence-electron chi connectivity index (χ4n) is 4.03. The van der Waals surface area contributed by atoms with Crippen LogP contribution in [0.15, 0.2) is 66.0 Å². The Morgan fingerprint density at radius 1 is 1.26 bits per heavy atom. The van der Waals surface area contributed by atoms with Crippen LogP contribution >= 0.6 is 11.6 Å². The number of benzene rings is 2. The number of likely N-dealkylation sites (tertiary alicyclic amines) is 1. The molecule has 1 fully saturated rings. The predicted molar refractivity (Wildman–Crippen MR) is 124 cm³/mol. The molecule has 2 aromatic carbocycles. The van der Waals surface area contributed by atoms with Gasteiger partial charge in [0.1, 0.15) is 5.82 Å². The number of aromatic nitrogens is 2. The molecular weight excluding hydrogens is 434 g/mol. The van der Waals surface area contributed by atoms with E-state index in [9.17, 15) is 8.42 Å². The zero-order chi connectivity index (χ0) is 22.0. The van der Waals surface area contributed by atoms with E-state index in [1.807, 2.05) is 13.1 Å². The van der Waals surface area contributed by atoms with E-state index >= 15 is 0 Å². The molecule has 2 atom stereocenters. The topological polar surface area (TPSA) is 81.3 Å². The van der Waals surface area contributed by atoms with E-state index in [1.165, 1.54) is 24.2 Å². The number of imidazole rings is 1. The number of H-pyrrole nitrogens is 1. The number of nitrogens with one attached hydrogen (secondary N) is 2. The van der Waals surface area contributed by atoms with Crippen molar-refractivity contribution in [2.45, 2.75) is 30.3 Å². The van der Waals surface area contributed by atoms with E-state index in [2.05, 4.69) is 55.7 Å². The van der Waals surface area contributed by atoms with Gasteiger partial charge in [-0.25, -0.2) is 13.4 Å². The lowest BCUT2D eigenvalue weighted by Crippen LogP contribution is -2.35. The van der Waals surface area contributed by atoms with Crippen LogP contribution in [0.2, 0.25) is 5.02 Å². The lowest BCUT2D eigenvalue weighted by Gasteiger charge is -2.30. The van der Waals surface area contributed by atoms with Crippen LogP contribution in [0.4, 0.5) is 11.5 Å². The average molecular weight is 460 g/mol. The Morgan fingerprint density at radius 2 is 2.03 bits per heavy atom. The highest BCUT2D eigenvalue weighted by molar-refractivity contribution is 7.92. The second kappa shape index (κ2) is 8.90. The minimum atomic E-state index is -3.75. The molecule has 9 heteroatoms. The molecule has 0 aliphatic carbocycles. The fraction of sp³-hybridized carbons (Fsp3) is 0.318. The van der Waals surface area contributed by atoms with Crippen molar-refractivity contribution in [3.63, 3.8) is 0 Å². The molecule has 164 valence electrons. The van der Waals surface area contributed by atoms with Crippen LogP contribution < -0.4 is 9.62 Å². The summed E-state index contributed by atoms with van der Waals surface area (Å²) >= 11 is 6.52. The van der Waals surface area contributed by atoms with E-state index in [-0.39, 0.29) is 4.90 Å². The van der Waals surface area contributed by atoms with Crippen LogP contribution in [-0.4, -0.2) is 49.5 Å². The maximum atomic E-state index is 12.6. The van der Waals surface area contributed by atoms with Gasteiger partial charge < -0.3 is 9.88 Å². The molecule has 0 amide bonds. The second-order valence-corrected chi connectivity index (χ2v) is 9.91. The summed E-state index contributed by atoms with van der Waals surface area (Å²) in [5.74, 6) is 0.302. The molecule has 0 unspecified atom stereocenters. The van der Waals surface area contributed by atoms with Gasteiger partial charge in [0.2, 0.25) is 0 Å². The van der Waals surface area contributed by atoms with Gasteiger partial charge in [0.05, 0.1) is 28.1 Å². The number of sulfonamides is 1. The van der Waals surface area contributed by atoms with Gasteiger partial charge in [-0.1, -0.05) is 41.9 Å². The largest absolute Gasteiger partial charge is 0.369 e. The van der Waals surface area contributed by atoms with Crippen molar-refractivity contribution in [1.82, 2.24) is 14.9 Å². The van der Waals surface area contributed by atoms with Gasteiger partial charge in [-0.3, -0.25) is 9.62 Å². The van der Waals surface area contributed by atoms with Crippen LogP contribution in [0.3, 0.4) is 0 Å². The Hall–Kier alpha value is -2.55. The van der Waals surface area contributed by atoms with Crippen LogP contribution in [0.1, 0.15) is 24.9 Å². The van der Waals surface area contributed by atoms with Gasteiger partial charge in [-0.2, -0.15) is 0 Å².